The normalized spacial score (nSPS) is 13.0. The lowest BCUT2D eigenvalue weighted by Crippen LogP contribution is -2.19. The lowest BCUT2D eigenvalue weighted by Gasteiger charge is -2.04. The number of fused-ring (bicyclic) bond motifs is 1. The van der Waals surface area contributed by atoms with Crippen molar-refractivity contribution in [3.63, 3.8) is 0 Å². The van der Waals surface area contributed by atoms with Crippen molar-refractivity contribution in [2.24, 2.45) is 5.10 Å². The van der Waals surface area contributed by atoms with Crippen LogP contribution in [0.1, 0.15) is 22.8 Å². The van der Waals surface area contributed by atoms with E-state index in [1.54, 1.807) is 49.4 Å². The van der Waals surface area contributed by atoms with Gasteiger partial charge in [0.15, 0.2) is 11.5 Å². The van der Waals surface area contributed by atoms with Gasteiger partial charge in [-0.25, -0.2) is 5.43 Å². The van der Waals surface area contributed by atoms with Crippen LogP contribution in [0.15, 0.2) is 47.6 Å². The molecule has 1 aliphatic heterocycles. The Morgan fingerprint density at radius 2 is 1.77 bits per heavy atom. The van der Waals surface area contributed by atoms with Crippen molar-refractivity contribution >= 4 is 11.6 Å². The monoisotopic (exact) mass is 298 g/mol. The summed E-state index contributed by atoms with van der Waals surface area (Å²) in [6, 6.07) is 11.5. The van der Waals surface area contributed by atoms with Gasteiger partial charge in [-0.2, -0.15) is 5.10 Å². The lowest BCUT2D eigenvalue weighted by molar-refractivity contribution is 0.0954. The predicted octanol–water partition coefficient (Wildman–Crippen LogP) is 2.27. The van der Waals surface area contributed by atoms with E-state index in [1.807, 2.05) is 0 Å². The average molecular weight is 298 g/mol. The second-order valence-electron chi connectivity index (χ2n) is 4.75. The maximum absolute atomic E-state index is 12.1. The van der Waals surface area contributed by atoms with E-state index in [0.29, 0.717) is 22.8 Å². The minimum atomic E-state index is -0.337. The molecule has 0 aromatic heterocycles. The summed E-state index contributed by atoms with van der Waals surface area (Å²) in [5, 5.41) is 13.3. The van der Waals surface area contributed by atoms with Gasteiger partial charge in [0, 0.05) is 5.56 Å². The molecule has 22 heavy (non-hydrogen) atoms. The zero-order valence-corrected chi connectivity index (χ0v) is 11.9. The van der Waals surface area contributed by atoms with Crippen LogP contribution in [-0.4, -0.2) is 23.5 Å². The van der Waals surface area contributed by atoms with Crippen molar-refractivity contribution in [1.82, 2.24) is 5.43 Å². The summed E-state index contributed by atoms with van der Waals surface area (Å²) in [4.78, 5) is 12.1. The molecule has 0 bridgehead atoms. The van der Waals surface area contributed by atoms with E-state index in [1.165, 1.54) is 0 Å². The van der Waals surface area contributed by atoms with Crippen molar-refractivity contribution in [2.75, 3.05) is 6.79 Å². The van der Waals surface area contributed by atoms with Crippen molar-refractivity contribution in [2.45, 2.75) is 6.92 Å². The quantitative estimate of drug-likeness (QED) is 0.673. The van der Waals surface area contributed by atoms with Crippen molar-refractivity contribution in [3.05, 3.63) is 53.6 Å². The number of aromatic hydroxyl groups is 1. The number of hydrogen-bond acceptors (Lipinski definition) is 5. The molecule has 0 unspecified atom stereocenters. The molecule has 0 saturated heterocycles. The third kappa shape index (κ3) is 2.85. The summed E-state index contributed by atoms with van der Waals surface area (Å²) >= 11 is 0. The first-order valence-electron chi connectivity index (χ1n) is 6.67. The van der Waals surface area contributed by atoms with E-state index in [-0.39, 0.29) is 18.4 Å². The molecule has 2 aromatic carbocycles. The Hall–Kier alpha value is -3.02. The van der Waals surface area contributed by atoms with Crippen LogP contribution in [0.25, 0.3) is 0 Å². The van der Waals surface area contributed by atoms with Crippen LogP contribution in [0.4, 0.5) is 0 Å². The van der Waals surface area contributed by atoms with Crippen LogP contribution in [0, 0.1) is 0 Å². The van der Waals surface area contributed by atoms with Gasteiger partial charge in [0.2, 0.25) is 6.79 Å². The van der Waals surface area contributed by atoms with Gasteiger partial charge in [0.25, 0.3) is 5.91 Å². The maximum Gasteiger partial charge on any atom is 0.271 e. The molecule has 0 fully saturated rings. The van der Waals surface area contributed by atoms with Crippen molar-refractivity contribution in [3.8, 4) is 17.2 Å². The number of nitrogens with zero attached hydrogens (tertiary/aromatic N) is 1. The van der Waals surface area contributed by atoms with Crippen LogP contribution in [0.3, 0.4) is 0 Å². The SMILES string of the molecule is C/C(=N\NC(=O)c1ccc2c(c1)OCO2)c1ccc(O)cc1. The number of phenolic OH excluding ortho intramolecular Hbond substituents is 1. The van der Waals surface area contributed by atoms with Gasteiger partial charge in [-0.15, -0.1) is 0 Å². The Balaban J connectivity index is 1.71. The van der Waals surface area contributed by atoms with E-state index in [2.05, 4.69) is 10.5 Å². The number of phenols is 1. The summed E-state index contributed by atoms with van der Waals surface area (Å²) in [7, 11) is 0. The molecule has 3 rings (SSSR count). The number of rotatable bonds is 3. The van der Waals surface area contributed by atoms with Gasteiger partial charge in [-0.1, -0.05) is 0 Å². The molecular weight excluding hydrogens is 284 g/mol. The predicted molar refractivity (Wildman–Crippen MR) is 80.3 cm³/mol. The summed E-state index contributed by atoms with van der Waals surface area (Å²) in [6.45, 7) is 1.94. The highest BCUT2D eigenvalue weighted by atomic mass is 16.7. The summed E-state index contributed by atoms with van der Waals surface area (Å²) < 4.78 is 10.4. The fraction of sp³-hybridized carbons (Fsp3) is 0.125. The Labute approximate surface area is 127 Å². The molecule has 6 heteroatoms. The number of carbonyl (C=O) groups excluding carboxylic acids is 1. The highest BCUT2D eigenvalue weighted by Crippen LogP contribution is 2.32. The van der Waals surface area contributed by atoms with E-state index >= 15 is 0 Å². The second-order valence-corrected chi connectivity index (χ2v) is 4.75. The second kappa shape index (κ2) is 5.77. The molecule has 1 amide bonds. The molecule has 2 N–H and O–H groups in total. The molecule has 0 spiro atoms. The zero-order valence-electron chi connectivity index (χ0n) is 11.9. The van der Waals surface area contributed by atoms with E-state index < -0.39 is 0 Å². The number of hydrogen-bond donors (Lipinski definition) is 2. The third-order valence-electron chi connectivity index (χ3n) is 3.24. The molecule has 6 nitrogen and oxygen atoms in total. The van der Waals surface area contributed by atoms with E-state index in [0.717, 1.165) is 5.56 Å². The van der Waals surface area contributed by atoms with Crippen LogP contribution in [-0.2, 0) is 0 Å². The highest BCUT2D eigenvalue weighted by Gasteiger charge is 2.16. The Kier molecular flexibility index (Phi) is 3.65. The minimum absolute atomic E-state index is 0.165. The molecular formula is C16H14N2O4. The zero-order chi connectivity index (χ0) is 15.5. The number of carbonyl (C=O) groups is 1. The molecule has 0 atom stereocenters. The first-order valence-corrected chi connectivity index (χ1v) is 6.67. The largest absolute Gasteiger partial charge is 0.508 e. The van der Waals surface area contributed by atoms with Gasteiger partial charge >= 0.3 is 0 Å². The smallest absolute Gasteiger partial charge is 0.271 e. The Morgan fingerprint density at radius 3 is 2.55 bits per heavy atom. The van der Waals surface area contributed by atoms with E-state index in [4.69, 9.17) is 9.47 Å². The van der Waals surface area contributed by atoms with Crippen molar-refractivity contribution in [1.29, 1.82) is 0 Å². The first-order chi connectivity index (χ1) is 10.6. The molecule has 1 heterocycles. The average Bonchev–Trinajstić information content (AvgIpc) is 3.00. The molecule has 1 aliphatic rings. The van der Waals surface area contributed by atoms with Gasteiger partial charge in [0.05, 0.1) is 5.71 Å². The number of benzene rings is 2. The van der Waals surface area contributed by atoms with Crippen LogP contribution >= 0.6 is 0 Å². The van der Waals surface area contributed by atoms with Crippen LogP contribution in [0.2, 0.25) is 0 Å². The lowest BCUT2D eigenvalue weighted by atomic mass is 10.1. The summed E-state index contributed by atoms with van der Waals surface area (Å²) in [5.41, 5.74) is 4.37. The topological polar surface area (TPSA) is 80.2 Å². The Morgan fingerprint density at radius 1 is 1.09 bits per heavy atom. The molecule has 0 radical (unpaired) electrons. The molecule has 2 aromatic rings. The fourth-order valence-corrected chi connectivity index (χ4v) is 2.00. The van der Waals surface area contributed by atoms with E-state index in [9.17, 15) is 9.90 Å². The summed E-state index contributed by atoms with van der Waals surface area (Å²) in [5.74, 6) is 1.02. The Bertz CT molecular complexity index is 738. The third-order valence-corrected chi connectivity index (χ3v) is 3.24. The van der Waals surface area contributed by atoms with Crippen molar-refractivity contribution < 1.29 is 19.4 Å². The maximum atomic E-state index is 12.1. The van der Waals surface area contributed by atoms with Gasteiger partial charge in [-0.3, -0.25) is 4.79 Å². The number of nitrogens with one attached hydrogen (secondary N) is 1. The highest BCUT2D eigenvalue weighted by molar-refractivity contribution is 6.01. The van der Waals surface area contributed by atoms with Crippen LogP contribution < -0.4 is 14.9 Å². The van der Waals surface area contributed by atoms with Gasteiger partial charge in [-0.05, 0) is 55.0 Å². The minimum Gasteiger partial charge on any atom is -0.508 e. The molecule has 0 saturated carbocycles. The number of hydrazone groups is 1. The fourth-order valence-electron chi connectivity index (χ4n) is 2.00. The number of amides is 1. The van der Waals surface area contributed by atoms with Crippen LogP contribution in [0.5, 0.6) is 17.2 Å². The van der Waals surface area contributed by atoms with Gasteiger partial charge < -0.3 is 14.6 Å². The standard InChI is InChI=1S/C16H14N2O4/c1-10(11-2-5-13(19)6-3-11)17-18-16(20)12-4-7-14-15(8-12)22-9-21-14/h2-8,19H,9H2,1H3,(H,18,20)/b17-10+. The summed E-state index contributed by atoms with van der Waals surface area (Å²) in [6.07, 6.45) is 0. The first kappa shape index (κ1) is 13.9. The molecule has 0 aliphatic carbocycles. The van der Waals surface area contributed by atoms with Gasteiger partial charge in [0.1, 0.15) is 5.75 Å². The number of ether oxygens (including phenoxy) is 2. The molecule has 112 valence electrons.